The van der Waals surface area contributed by atoms with Crippen LogP contribution in [0.1, 0.15) is 35.1 Å². The second-order valence-electron chi connectivity index (χ2n) is 4.22. The highest BCUT2D eigenvalue weighted by molar-refractivity contribution is 5.95. The van der Waals surface area contributed by atoms with Crippen molar-refractivity contribution in [3.63, 3.8) is 0 Å². The van der Waals surface area contributed by atoms with Crippen molar-refractivity contribution in [2.24, 2.45) is 0 Å². The Morgan fingerprint density at radius 2 is 2.35 bits per heavy atom. The molecule has 0 spiro atoms. The van der Waals surface area contributed by atoms with Crippen molar-refractivity contribution >= 4 is 11.5 Å². The molecule has 0 aromatic carbocycles. The predicted octanol–water partition coefficient (Wildman–Crippen LogP) is 1.70. The minimum atomic E-state index is -0.472. The van der Waals surface area contributed by atoms with Gasteiger partial charge in [-0.3, -0.25) is 0 Å². The molecule has 5 heteroatoms. The first-order valence-electron chi connectivity index (χ1n) is 5.50. The summed E-state index contributed by atoms with van der Waals surface area (Å²) in [7, 11) is 1.33. The summed E-state index contributed by atoms with van der Waals surface area (Å²) in [6.07, 6.45) is 3.93. The monoisotopic (exact) mass is 232 g/mol. The van der Waals surface area contributed by atoms with E-state index in [9.17, 15) is 9.90 Å². The average Bonchev–Trinajstić information content (AvgIpc) is 3.10. The van der Waals surface area contributed by atoms with Gasteiger partial charge in [0.1, 0.15) is 11.6 Å². The number of ether oxygens (including phenoxy) is 1. The van der Waals surface area contributed by atoms with Crippen molar-refractivity contribution in [1.82, 2.24) is 9.38 Å². The predicted molar refractivity (Wildman–Crippen MR) is 60.2 cm³/mol. The highest BCUT2D eigenvalue weighted by atomic mass is 16.5. The summed E-state index contributed by atoms with van der Waals surface area (Å²) in [5.74, 6) is 0.941. The number of esters is 1. The topological polar surface area (TPSA) is 63.8 Å². The Morgan fingerprint density at radius 1 is 1.59 bits per heavy atom. The van der Waals surface area contributed by atoms with Gasteiger partial charge in [0.05, 0.1) is 12.6 Å². The SMILES string of the molecule is COC(=O)c1nc(C2CC2)n2ccc(O)cc12. The van der Waals surface area contributed by atoms with E-state index in [4.69, 9.17) is 4.74 Å². The summed E-state index contributed by atoms with van der Waals surface area (Å²) in [4.78, 5) is 16.0. The summed E-state index contributed by atoms with van der Waals surface area (Å²) >= 11 is 0. The lowest BCUT2D eigenvalue weighted by molar-refractivity contribution is 0.0597. The number of methoxy groups -OCH3 is 1. The third kappa shape index (κ3) is 1.54. The number of carbonyl (C=O) groups excluding carboxylic acids is 1. The molecule has 1 fully saturated rings. The minimum absolute atomic E-state index is 0.116. The van der Waals surface area contributed by atoms with Crippen LogP contribution in [0.25, 0.3) is 5.52 Å². The Labute approximate surface area is 97.7 Å². The maximum atomic E-state index is 11.6. The van der Waals surface area contributed by atoms with E-state index in [2.05, 4.69) is 4.98 Å². The average molecular weight is 232 g/mol. The van der Waals surface area contributed by atoms with Gasteiger partial charge in [0.15, 0.2) is 5.69 Å². The molecule has 1 aliphatic carbocycles. The Morgan fingerprint density at radius 3 is 3.00 bits per heavy atom. The zero-order valence-electron chi connectivity index (χ0n) is 9.38. The molecule has 17 heavy (non-hydrogen) atoms. The molecule has 0 saturated heterocycles. The van der Waals surface area contributed by atoms with Crippen molar-refractivity contribution in [3.05, 3.63) is 29.8 Å². The lowest BCUT2D eigenvalue weighted by atomic mass is 10.3. The van der Waals surface area contributed by atoms with Crippen LogP contribution in [-0.4, -0.2) is 27.6 Å². The van der Waals surface area contributed by atoms with Crippen LogP contribution in [0.5, 0.6) is 5.75 Å². The molecule has 2 aromatic rings. The quantitative estimate of drug-likeness (QED) is 0.800. The van der Waals surface area contributed by atoms with E-state index in [0.29, 0.717) is 11.4 Å². The van der Waals surface area contributed by atoms with Crippen LogP contribution in [0.3, 0.4) is 0 Å². The van der Waals surface area contributed by atoms with Gasteiger partial charge in [-0.25, -0.2) is 9.78 Å². The largest absolute Gasteiger partial charge is 0.508 e. The third-order valence-corrected chi connectivity index (χ3v) is 2.98. The van der Waals surface area contributed by atoms with E-state index in [0.717, 1.165) is 18.7 Å². The lowest BCUT2D eigenvalue weighted by Gasteiger charge is -1.99. The number of hydrogen-bond donors (Lipinski definition) is 1. The molecule has 0 amide bonds. The summed E-state index contributed by atoms with van der Waals surface area (Å²) in [5.41, 5.74) is 0.865. The van der Waals surface area contributed by atoms with Gasteiger partial charge in [-0.15, -0.1) is 0 Å². The number of rotatable bonds is 2. The van der Waals surface area contributed by atoms with Crippen molar-refractivity contribution in [2.75, 3.05) is 7.11 Å². The molecular weight excluding hydrogens is 220 g/mol. The number of fused-ring (bicyclic) bond motifs is 1. The standard InChI is InChI=1S/C12H12N2O3/c1-17-12(16)10-9-6-8(15)4-5-14(9)11(13-10)7-2-3-7/h4-7,15H,2-3H2,1H3. The Kier molecular flexibility index (Phi) is 2.07. The summed E-state index contributed by atoms with van der Waals surface area (Å²) in [6.45, 7) is 0. The highest BCUT2D eigenvalue weighted by Gasteiger charge is 2.30. The molecule has 2 aromatic heterocycles. The maximum absolute atomic E-state index is 11.6. The fraction of sp³-hybridized carbons (Fsp3) is 0.333. The van der Waals surface area contributed by atoms with Crippen molar-refractivity contribution in [2.45, 2.75) is 18.8 Å². The number of nitrogens with zero attached hydrogens (tertiary/aromatic N) is 2. The first-order chi connectivity index (χ1) is 8.20. The second kappa shape index (κ2) is 3.48. The van der Waals surface area contributed by atoms with Crippen LogP contribution in [-0.2, 0) is 4.74 Å². The van der Waals surface area contributed by atoms with Gasteiger partial charge in [-0.1, -0.05) is 0 Å². The fourth-order valence-electron chi connectivity index (χ4n) is 1.97. The molecule has 1 saturated carbocycles. The first-order valence-corrected chi connectivity index (χ1v) is 5.50. The highest BCUT2D eigenvalue weighted by Crippen LogP contribution is 2.40. The van der Waals surface area contributed by atoms with Crippen LogP contribution < -0.4 is 0 Å². The van der Waals surface area contributed by atoms with Crippen LogP contribution in [0, 0.1) is 0 Å². The van der Waals surface area contributed by atoms with Gasteiger partial charge >= 0.3 is 5.97 Å². The van der Waals surface area contributed by atoms with E-state index in [1.54, 1.807) is 12.3 Å². The maximum Gasteiger partial charge on any atom is 0.358 e. The molecule has 2 heterocycles. The number of carbonyl (C=O) groups is 1. The molecule has 5 nitrogen and oxygen atoms in total. The molecule has 0 bridgehead atoms. The van der Waals surface area contributed by atoms with Gasteiger partial charge in [-0.05, 0) is 18.9 Å². The van der Waals surface area contributed by atoms with Crippen LogP contribution >= 0.6 is 0 Å². The van der Waals surface area contributed by atoms with Crippen LogP contribution in [0.15, 0.2) is 18.3 Å². The molecule has 1 aliphatic rings. The van der Waals surface area contributed by atoms with E-state index >= 15 is 0 Å². The molecule has 0 aliphatic heterocycles. The summed E-state index contributed by atoms with van der Waals surface area (Å²) in [6, 6.07) is 3.12. The molecule has 0 atom stereocenters. The Balaban J connectivity index is 2.26. The second-order valence-corrected chi connectivity index (χ2v) is 4.22. The molecule has 3 rings (SSSR count). The zero-order valence-corrected chi connectivity index (χ0v) is 9.38. The number of pyridine rings is 1. The van der Waals surface area contributed by atoms with Crippen LogP contribution in [0.2, 0.25) is 0 Å². The van der Waals surface area contributed by atoms with Crippen LogP contribution in [0.4, 0.5) is 0 Å². The normalized spacial score (nSPS) is 15.1. The van der Waals surface area contributed by atoms with E-state index < -0.39 is 5.97 Å². The summed E-state index contributed by atoms with van der Waals surface area (Å²) < 4.78 is 6.55. The Bertz CT molecular complexity index is 599. The Hall–Kier alpha value is -2.04. The third-order valence-electron chi connectivity index (χ3n) is 2.98. The minimum Gasteiger partial charge on any atom is -0.508 e. The van der Waals surface area contributed by atoms with E-state index in [1.807, 2.05) is 4.40 Å². The lowest BCUT2D eigenvalue weighted by Crippen LogP contribution is -2.02. The van der Waals surface area contributed by atoms with Crippen molar-refractivity contribution in [3.8, 4) is 5.75 Å². The smallest absolute Gasteiger partial charge is 0.358 e. The van der Waals surface area contributed by atoms with Crippen molar-refractivity contribution in [1.29, 1.82) is 0 Å². The first kappa shape index (κ1) is 10.1. The number of imidazole rings is 1. The summed E-state index contributed by atoms with van der Waals surface area (Å²) in [5, 5.41) is 9.48. The number of aromatic nitrogens is 2. The molecule has 0 radical (unpaired) electrons. The number of hydrogen-bond acceptors (Lipinski definition) is 4. The van der Waals surface area contributed by atoms with Gasteiger partial charge in [0.2, 0.25) is 0 Å². The van der Waals surface area contributed by atoms with E-state index in [1.165, 1.54) is 13.2 Å². The molecular formula is C12H12N2O3. The van der Waals surface area contributed by atoms with Crippen molar-refractivity contribution < 1.29 is 14.6 Å². The van der Waals surface area contributed by atoms with Gasteiger partial charge < -0.3 is 14.2 Å². The van der Waals surface area contributed by atoms with Gasteiger partial charge in [0.25, 0.3) is 0 Å². The molecule has 88 valence electrons. The fourth-order valence-corrected chi connectivity index (χ4v) is 1.97. The molecule has 0 unspecified atom stereocenters. The number of aromatic hydroxyl groups is 1. The van der Waals surface area contributed by atoms with Gasteiger partial charge in [-0.2, -0.15) is 0 Å². The molecule has 1 N–H and O–H groups in total. The van der Waals surface area contributed by atoms with E-state index in [-0.39, 0.29) is 11.4 Å². The van der Waals surface area contributed by atoms with Gasteiger partial charge in [0, 0.05) is 18.2 Å². The zero-order chi connectivity index (χ0) is 12.0.